The number of aliphatic carboxylic acids is 1. The van der Waals surface area contributed by atoms with Crippen LogP contribution in [-0.4, -0.2) is 20.9 Å². The number of aromatic nitrogens is 2. The molecule has 1 aromatic heterocycles. The fourth-order valence-electron chi connectivity index (χ4n) is 2.23. The van der Waals surface area contributed by atoms with Gasteiger partial charge in [-0.25, -0.2) is 4.68 Å². The summed E-state index contributed by atoms with van der Waals surface area (Å²) in [7, 11) is 0. The molecule has 1 heterocycles. The van der Waals surface area contributed by atoms with Gasteiger partial charge in [0.25, 0.3) is 0 Å². The van der Waals surface area contributed by atoms with Crippen molar-refractivity contribution < 1.29 is 9.90 Å². The van der Waals surface area contributed by atoms with Crippen molar-refractivity contribution in [2.24, 2.45) is 0 Å². The molecule has 2 aromatic rings. The number of benzene rings is 1. The second-order valence-electron chi connectivity index (χ2n) is 4.76. The van der Waals surface area contributed by atoms with Crippen LogP contribution in [0.15, 0.2) is 18.2 Å². The third-order valence-corrected chi connectivity index (χ3v) is 3.27. The van der Waals surface area contributed by atoms with Gasteiger partial charge in [-0.15, -0.1) is 0 Å². The van der Waals surface area contributed by atoms with E-state index in [0.717, 1.165) is 11.3 Å². The van der Waals surface area contributed by atoms with E-state index >= 15 is 0 Å². The normalized spacial score (nSPS) is 10.3. The van der Waals surface area contributed by atoms with Crippen LogP contribution in [0.3, 0.4) is 0 Å². The van der Waals surface area contributed by atoms with Gasteiger partial charge in [-0.2, -0.15) is 10.4 Å². The zero-order valence-corrected chi connectivity index (χ0v) is 11.6. The Morgan fingerprint density at radius 2 is 2.10 bits per heavy atom. The van der Waals surface area contributed by atoms with Gasteiger partial charge in [0, 0.05) is 11.3 Å². The first kappa shape index (κ1) is 13.8. The molecule has 0 saturated heterocycles. The number of hydrogen-bond acceptors (Lipinski definition) is 3. The molecule has 2 rings (SSSR count). The number of carboxylic acid groups (broad SMARTS) is 1. The minimum absolute atomic E-state index is 0.0641. The van der Waals surface area contributed by atoms with Gasteiger partial charge in [-0.1, -0.05) is 6.07 Å². The zero-order chi connectivity index (χ0) is 14.9. The molecular weight excluding hydrogens is 254 g/mol. The van der Waals surface area contributed by atoms with E-state index in [-0.39, 0.29) is 6.42 Å². The van der Waals surface area contributed by atoms with E-state index in [1.807, 2.05) is 26.0 Å². The molecule has 0 spiro atoms. The van der Waals surface area contributed by atoms with Gasteiger partial charge in [-0.3, -0.25) is 4.79 Å². The highest BCUT2D eigenvalue weighted by molar-refractivity contribution is 5.71. The minimum atomic E-state index is -0.888. The van der Waals surface area contributed by atoms with Crippen LogP contribution in [0.25, 0.3) is 5.69 Å². The van der Waals surface area contributed by atoms with Gasteiger partial charge in [-0.05, 0) is 38.5 Å². The Labute approximate surface area is 117 Å². The Morgan fingerprint density at radius 1 is 1.40 bits per heavy atom. The summed E-state index contributed by atoms with van der Waals surface area (Å²) in [6.45, 7) is 5.54. The highest BCUT2D eigenvalue weighted by atomic mass is 16.4. The maximum Gasteiger partial charge on any atom is 0.307 e. The fraction of sp³-hybridized carbons (Fsp3) is 0.267. The van der Waals surface area contributed by atoms with Crippen molar-refractivity contribution in [3.63, 3.8) is 0 Å². The predicted molar refractivity (Wildman–Crippen MR) is 73.8 cm³/mol. The maximum atomic E-state index is 10.9. The lowest BCUT2D eigenvalue weighted by Gasteiger charge is -2.08. The molecule has 1 aromatic carbocycles. The van der Waals surface area contributed by atoms with Crippen molar-refractivity contribution in [3.05, 3.63) is 46.3 Å². The molecule has 5 heteroatoms. The molecule has 0 atom stereocenters. The van der Waals surface area contributed by atoms with E-state index in [0.29, 0.717) is 22.5 Å². The Bertz CT molecular complexity index is 723. The van der Waals surface area contributed by atoms with Gasteiger partial charge < -0.3 is 5.11 Å². The lowest BCUT2D eigenvalue weighted by Crippen LogP contribution is -2.05. The molecule has 0 saturated carbocycles. The van der Waals surface area contributed by atoms with Crippen LogP contribution in [0.1, 0.15) is 28.1 Å². The summed E-state index contributed by atoms with van der Waals surface area (Å²) in [4.78, 5) is 10.9. The molecule has 0 radical (unpaired) electrons. The number of carbonyl (C=O) groups is 1. The molecule has 20 heavy (non-hydrogen) atoms. The van der Waals surface area contributed by atoms with Crippen molar-refractivity contribution in [3.8, 4) is 11.8 Å². The third kappa shape index (κ3) is 2.41. The van der Waals surface area contributed by atoms with Crippen LogP contribution in [-0.2, 0) is 11.2 Å². The summed E-state index contributed by atoms with van der Waals surface area (Å²) in [5.41, 5.74) is 4.35. The standard InChI is InChI=1S/C15H15N3O2/c1-9-4-5-12(8-16)14(6-9)18-11(3)13(7-15(19)20)10(2)17-18/h4-6H,7H2,1-3H3,(H,19,20). The van der Waals surface area contributed by atoms with Gasteiger partial charge in [0.05, 0.1) is 23.4 Å². The topological polar surface area (TPSA) is 78.9 Å². The quantitative estimate of drug-likeness (QED) is 0.927. The molecule has 0 aliphatic carbocycles. The van der Waals surface area contributed by atoms with Gasteiger partial charge in [0.1, 0.15) is 6.07 Å². The molecule has 0 aliphatic rings. The Balaban J connectivity index is 2.63. The Kier molecular flexibility index (Phi) is 3.57. The number of aryl methyl sites for hydroxylation is 2. The highest BCUT2D eigenvalue weighted by Gasteiger charge is 2.17. The first-order valence-electron chi connectivity index (χ1n) is 6.22. The molecule has 1 N–H and O–H groups in total. The van der Waals surface area contributed by atoms with Crippen LogP contribution in [0.4, 0.5) is 0 Å². The molecule has 0 amide bonds. The summed E-state index contributed by atoms with van der Waals surface area (Å²) < 4.78 is 1.65. The second kappa shape index (κ2) is 5.17. The van der Waals surface area contributed by atoms with Crippen LogP contribution >= 0.6 is 0 Å². The summed E-state index contributed by atoms with van der Waals surface area (Å²) in [6, 6.07) is 7.63. The number of carboxylic acids is 1. The molecule has 102 valence electrons. The van der Waals surface area contributed by atoms with E-state index in [1.54, 1.807) is 17.7 Å². The van der Waals surface area contributed by atoms with Gasteiger partial charge >= 0.3 is 5.97 Å². The molecule has 5 nitrogen and oxygen atoms in total. The molecule has 0 bridgehead atoms. The van der Waals surface area contributed by atoms with Crippen LogP contribution in [0, 0.1) is 32.1 Å². The third-order valence-electron chi connectivity index (χ3n) is 3.27. The van der Waals surface area contributed by atoms with Gasteiger partial charge in [0.15, 0.2) is 0 Å². The van der Waals surface area contributed by atoms with Crippen molar-refractivity contribution in [2.75, 3.05) is 0 Å². The lowest BCUT2D eigenvalue weighted by atomic mass is 10.1. The first-order valence-corrected chi connectivity index (χ1v) is 6.22. The van der Waals surface area contributed by atoms with Crippen LogP contribution < -0.4 is 0 Å². The van der Waals surface area contributed by atoms with Crippen LogP contribution in [0.5, 0.6) is 0 Å². The van der Waals surface area contributed by atoms with E-state index < -0.39 is 5.97 Å². The SMILES string of the molecule is Cc1ccc(C#N)c(-n2nc(C)c(CC(=O)O)c2C)c1. The van der Waals surface area contributed by atoms with E-state index in [4.69, 9.17) is 5.11 Å². The molecule has 0 aliphatic heterocycles. The largest absolute Gasteiger partial charge is 0.481 e. The van der Waals surface area contributed by atoms with E-state index in [1.165, 1.54) is 0 Å². The first-order chi connectivity index (χ1) is 9.43. The summed E-state index contributed by atoms with van der Waals surface area (Å²) in [5.74, 6) is -0.888. The fourth-order valence-corrected chi connectivity index (χ4v) is 2.23. The van der Waals surface area contributed by atoms with Crippen molar-refractivity contribution >= 4 is 5.97 Å². The van der Waals surface area contributed by atoms with Crippen molar-refractivity contribution in [1.29, 1.82) is 5.26 Å². The molecule has 0 fully saturated rings. The molecular formula is C15H15N3O2. The highest BCUT2D eigenvalue weighted by Crippen LogP contribution is 2.22. The van der Waals surface area contributed by atoms with Gasteiger partial charge in [0.2, 0.25) is 0 Å². The average Bonchev–Trinajstić information content (AvgIpc) is 2.66. The summed E-state index contributed by atoms with van der Waals surface area (Å²) in [6.07, 6.45) is -0.0641. The summed E-state index contributed by atoms with van der Waals surface area (Å²) >= 11 is 0. The van der Waals surface area contributed by atoms with E-state index in [2.05, 4.69) is 11.2 Å². The Hall–Kier alpha value is -2.61. The predicted octanol–water partition coefficient (Wildman–Crippen LogP) is 2.30. The summed E-state index contributed by atoms with van der Waals surface area (Å²) in [5, 5.41) is 22.5. The number of nitrogens with zero attached hydrogens (tertiary/aromatic N) is 3. The number of rotatable bonds is 3. The lowest BCUT2D eigenvalue weighted by molar-refractivity contribution is -0.136. The molecule has 0 unspecified atom stereocenters. The monoisotopic (exact) mass is 269 g/mol. The van der Waals surface area contributed by atoms with Crippen molar-refractivity contribution in [1.82, 2.24) is 9.78 Å². The minimum Gasteiger partial charge on any atom is -0.481 e. The second-order valence-corrected chi connectivity index (χ2v) is 4.76. The zero-order valence-electron chi connectivity index (χ0n) is 11.6. The smallest absolute Gasteiger partial charge is 0.307 e. The van der Waals surface area contributed by atoms with E-state index in [9.17, 15) is 10.1 Å². The maximum absolute atomic E-state index is 10.9. The Morgan fingerprint density at radius 3 is 2.70 bits per heavy atom. The number of nitriles is 1. The van der Waals surface area contributed by atoms with Crippen LogP contribution in [0.2, 0.25) is 0 Å². The van der Waals surface area contributed by atoms with Crippen molar-refractivity contribution in [2.45, 2.75) is 27.2 Å². The number of hydrogen-bond donors (Lipinski definition) is 1. The average molecular weight is 269 g/mol.